The van der Waals surface area contributed by atoms with E-state index in [0.717, 1.165) is 18.9 Å². The first-order chi connectivity index (χ1) is 17.1. The Bertz CT molecular complexity index is 1500. The summed E-state index contributed by atoms with van der Waals surface area (Å²) < 4.78 is 53.0. The highest BCUT2D eigenvalue weighted by molar-refractivity contribution is 5.95. The fraction of sp³-hybridized carbons (Fsp3) is 0.346. The molecule has 2 N–H and O–H groups in total. The topological polar surface area (TPSA) is 88.0 Å². The van der Waals surface area contributed by atoms with Gasteiger partial charge in [0, 0.05) is 23.9 Å². The Morgan fingerprint density at radius 2 is 2.06 bits per heavy atom. The number of carbonyl (C=O) groups excluding carboxylic acids is 1. The molecular weight excluding hydrogens is 471 g/mol. The van der Waals surface area contributed by atoms with E-state index in [9.17, 15) is 13.6 Å². The van der Waals surface area contributed by atoms with Gasteiger partial charge >= 0.3 is 5.97 Å². The summed E-state index contributed by atoms with van der Waals surface area (Å²) in [6.07, 6.45) is 2.26. The van der Waals surface area contributed by atoms with E-state index in [2.05, 4.69) is 16.5 Å². The number of esters is 1. The Labute approximate surface area is 205 Å². The van der Waals surface area contributed by atoms with Crippen LogP contribution < -0.4 is 5.73 Å². The third-order valence-electron chi connectivity index (χ3n) is 6.37. The van der Waals surface area contributed by atoms with Crippen molar-refractivity contribution >= 4 is 28.0 Å². The van der Waals surface area contributed by atoms with Crippen LogP contribution in [0.15, 0.2) is 43.0 Å². The summed E-state index contributed by atoms with van der Waals surface area (Å²) in [5.41, 5.74) is 7.78. The molecule has 5 rings (SSSR count). The van der Waals surface area contributed by atoms with Crippen LogP contribution in [-0.2, 0) is 11.3 Å². The number of aromatic nitrogens is 4. The first-order valence-corrected chi connectivity index (χ1v) is 11.7. The Balaban J connectivity index is 1.79. The van der Waals surface area contributed by atoms with Gasteiger partial charge in [0.15, 0.2) is 5.82 Å². The fourth-order valence-corrected chi connectivity index (χ4v) is 4.53. The maximum absolute atomic E-state index is 15.3. The summed E-state index contributed by atoms with van der Waals surface area (Å²) in [5.74, 6) is -4.09. The van der Waals surface area contributed by atoms with Crippen LogP contribution in [0.2, 0.25) is 0 Å². The summed E-state index contributed by atoms with van der Waals surface area (Å²) in [4.78, 5) is 21.3. The molecule has 1 aliphatic carbocycles. The predicted octanol–water partition coefficient (Wildman–Crippen LogP) is 5.54. The molecule has 10 heteroatoms. The van der Waals surface area contributed by atoms with Gasteiger partial charge in [0.05, 0.1) is 36.1 Å². The lowest BCUT2D eigenvalue weighted by Gasteiger charge is -2.19. The molecule has 0 unspecified atom stereocenters. The summed E-state index contributed by atoms with van der Waals surface area (Å²) >= 11 is 0. The molecule has 0 spiro atoms. The second-order valence-corrected chi connectivity index (χ2v) is 9.26. The number of alkyl halides is 2. The highest BCUT2D eigenvalue weighted by Gasteiger charge is 2.34. The van der Waals surface area contributed by atoms with E-state index in [0.29, 0.717) is 28.2 Å². The average molecular weight is 498 g/mol. The molecule has 0 bridgehead atoms. The minimum Gasteiger partial charge on any atom is -0.465 e. The summed E-state index contributed by atoms with van der Waals surface area (Å²) in [6, 6.07) is 7.42. The van der Waals surface area contributed by atoms with Crippen LogP contribution in [0.25, 0.3) is 33.6 Å². The van der Waals surface area contributed by atoms with Gasteiger partial charge in [0.1, 0.15) is 17.0 Å². The van der Waals surface area contributed by atoms with Crippen molar-refractivity contribution < 1.29 is 22.7 Å². The van der Waals surface area contributed by atoms with Crippen molar-refractivity contribution in [1.29, 1.82) is 0 Å². The van der Waals surface area contributed by atoms with Gasteiger partial charge < -0.3 is 19.6 Å². The van der Waals surface area contributed by atoms with Crippen molar-refractivity contribution in [3.63, 3.8) is 0 Å². The molecule has 1 aliphatic rings. The van der Waals surface area contributed by atoms with E-state index in [1.807, 2.05) is 0 Å². The van der Waals surface area contributed by atoms with Crippen molar-refractivity contribution in [3.05, 3.63) is 60.1 Å². The maximum atomic E-state index is 15.3. The van der Waals surface area contributed by atoms with Crippen molar-refractivity contribution in [2.75, 3.05) is 7.11 Å². The molecule has 0 saturated heterocycles. The van der Waals surface area contributed by atoms with Crippen molar-refractivity contribution in [2.45, 2.75) is 50.7 Å². The first kappa shape index (κ1) is 24.1. The van der Waals surface area contributed by atoms with E-state index in [4.69, 9.17) is 10.5 Å². The van der Waals surface area contributed by atoms with Crippen LogP contribution >= 0.6 is 0 Å². The number of methoxy groups -OCH3 is 1. The molecule has 0 amide bonds. The minimum atomic E-state index is -3.10. The summed E-state index contributed by atoms with van der Waals surface area (Å²) in [7, 11) is 1.21. The SMILES string of the molecule is C=CCC(F)(F)Cn1c(-c2nc3cc(C(=O)OC)cc(F)c3n2C2CC2)cc2ccc([C@@H](C)N)nc21. The Hall–Kier alpha value is -3.66. The number of nitrogens with two attached hydrogens (primary N) is 1. The number of carbonyl (C=O) groups is 1. The highest BCUT2D eigenvalue weighted by atomic mass is 19.3. The lowest BCUT2D eigenvalue weighted by Crippen LogP contribution is -2.24. The second-order valence-electron chi connectivity index (χ2n) is 9.26. The van der Waals surface area contributed by atoms with Gasteiger partial charge in [-0.2, -0.15) is 0 Å². The monoisotopic (exact) mass is 497 g/mol. The number of pyridine rings is 1. The zero-order chi connectivity index (χ0) is 25.8. The predicted molar refractivity (Wildman–Crippen MR) is 130 cm³/mol. The van der Waals surface area contributed by atoms with Crippen LogP contribution in [0, 0.1) is 5.82 Å². The van der Waals surface area contributed by atoms with Gasteiger partial charge in [0.2, 0.25) is 0 Å². The lowest BCUT2D eigenvalue weighted by molar-refractivity contribution is -0.0117. The number of fused-ring (bicyclic) bond motifs is 2. The molecule has 1 aromatic carbocycles. The molecule has 3 heterocycles. The molecule has 36 heavy (non-hydrogen) atoms. The van der Waals surface area contributed by atoms with Crippen molar-refractivity contribution in [2.24, 2.45) is 5.73 Å². The molecule has 4 aromatic rings. The van der Waals surface area contributed by atoms with Gasteiger partial charge in [0.25, 0.3) is 5.92 Å². The third kappa shape index (κ3) is 4.15. The van der Waals surface area contributed by atoms with Crippen LogP contribution in [0.1, 0.15) is 54.3 Å². The van der Waals surface area contributed by atoms with E-state index in [1.54, 1.807) is 29.7 Å². The van der Waals surface area contributed by atoms with E-state index >= 15 is 4.39 Å². The summed E-state index contributed by atoms with van der Waals surface area (Å²) in [5, 5.41) is 0.633. The van der Waals surface area contributed by atoms with Gasteiger partial charge in [-0.25, -0.2) is 27.9 Å². The smallest absolute Gasteiger partial charge is 0.338 e. The second kappa shape index (κ2) is 8.77. The number of ether oxygens (including phenoxy) is 1. The summed E-state index contributed by atoms with van der Waals surface area (Å²) in [6.45, 7) is 4.55. The number of halogens is 3. The van der Waals surface area contributed by atoms with Crippen LogP contribution in [0.5, 0.6) is 0 Å². The zero-order valence-electron chi connectivity index (χ0n) is 20.0. The van der Waals surface area contributed by atoms with E-state index in [-0.39, 0.29) is 22.6 Å². The number of benzene rings is 1. The number of rotatable bonds is 8. The minimum absolute atomic E-state index is 0.0239. The quantitative estimate of drug-likeness (QED) is 0.255. The zero-order valence-corrected chi connectivity index (χ0v) is 20.0. The number of hydrogen-bond acceptors (Lipinski definition) is 5. The standard InChI is InChI=1S/C26H26F3N5O2/c1-4-9-26(28,29)13-33-21(12-15-5-8-19(14(2)30)31-23(15)33)24-32-20-11-16(25(35)36-3)10-18(27)22(20)34(24)17-6-7-17/h4-5,8,10-12,14,17H,1,6-7,9,13,30H2,2-3H3/t14-/m1/s1. The average Bonchev–Trinajstić information content (AvgIpc) is 3.51. The molecule has 1 atom stereocenters. The molecular formula is C26H26F3N5O2. The molecule has 1 saturated carbocycles. The van der Waals surface area contributed by atoms with E-state index in [1.165, 1.54) is 23.8 Å². The van der Waals surface area contributed by atoms with Crippen LogP contribution in [-0.4, -0.2) is 38.1 Å². The van der Waals surface area contributed by atoms with Gasteiger partial charge in [-0.1, -0.05) is 6.08 Å². The van der Waals surface area contributed by atoms with Gasteiger partial charge in [-0.05, 0) is 50.1 Å². The maximum Gasteiger partial charge on any atom is 0.338 e. The highest BCUT2D eigenvalue weighted by Crippen LogP contribution is 2.43. The Morgan fingerprint density at radius 3 is 2.69 bits per heavy atom. The molecule has 3 aromatic heterocycles. The van der Waals surface area contributed by atoms with Crippen molar-refractivity contribution in [1.82, 2.24) is 19.1 Å². The Morgan fingerprint density at radius 1 is 1.31 bits per heavy atom. The molecule has 0 radical (unpaired) electrons. The normalized spacial score (nSPS) is 14.9. The molecule has 188 valence electrons. The van der Waals surface area contributed by atoms with E-state index < -0.39 is 36.7 Å². The van der Waals surface area contributed by atoms with Gasteiger partial charge in [-0.15, -0.1) is 6.58 Å². The lowest BCUT2D eigenvalue weighted by atomic mass is 10.2. The molecule has 1 fully saturated rings. The molecule has 7 nitrogen and oxygen atoms in total. The largest absolute Gasteiger partial charge is 0.465 e. The number of imidazole rings is 1. The molecule has 0 aliphatic heterocycles. The van der Waals surface area contributed by atoms with Crippen LogP contribution in [0.3, 0.4) is 0 Å². The first-order valence-electron chi connectivity index (χ1n) is 11.7. The Kier molecular flexibility index (Phi) is 5.86. The third-order valence-corrected chi connectivity index (χ3v) is 6.37. The fourth-order valence-electron chi connectivity index (χ4n) is 4.53. The van der Waals surface area contributed by atoms with Gasteiger partial charge in [-0.3, -0.25) is 0 Å². The number of nitrogens with zero attached hydrogens (tertiary/aromatic N) is 4. The van der Waals surface area contributed by atoms with Crippen LogP contribution in [0.4, 0.5) is 13.2 Å². The van der Waals surface area contributed by atoms with Crippen molar-refractivity contribution in [3.8, 4) is 11.5 Å². The number of hydrogen-bond donors (Lipinski definition) is 1. The number of allylic oxidation sites excluding steroid dienone is 1.